The normalized spacial score (nSPS) is 26.1. The third-order valence-electron chi connectivity index (χ3n) is 6.06. The molecule has 0 saturated carbocycles. The van der Waals surface area contributed by atoms with Gasteiger partial charge in [-0.05, 0) is 53.2 Å². The molecule has 0 bridgehead atoms. The zero-order chi connectivity index (χ0) is 26.9. The molecule has 2 fully saturated rings. The quantitative estimate of drug-likeness (QED) is 0.372. The van der Waals surface area contributed by atoms with Gasteiger partial charge in [-0.3, -0.25) is 9.59 Å². The molecule has 0 aromatic heterocycles. The van der Waals surface area contributed by atoms with Crippen molar-refractivity contribution in [3.05, 3.63) is 29.8 Å². The van der Waals surface area contributed by atoms with Crippen LogP contribution in [0.25, 0.3) is 0 Å². The summed E-state index contributed by atoms with van der Waals surface area (Å²) in [7, 11) is -1.82. The van der Waals surface area contributed by atoms with E-state index in [0.717, 1.165) is 19.8 Å². The fourth-order valence-corrected chi connectivity index (χ4v) is 5.61. The number of carbonyl (C=O) groups excluding carboxylic acids is 2. The smallest absolute Gasteiger partial charge is 0.320 e. The molecular weight excluding hydrogens is 494 g/mol. The Bertz CT molecular complexity index is 1040. The molecule has 1 N–H and O–H groups in total. The Balaban J connectivity index is 2.00. The number of benzene rings is 1. The Morgan fingerprint density at radius 1 is 1.00 bits per heavy atom. The second-order valence-corrected chi connectivity index (χ2v) is 11.5. The highest BCUT2D eigenvalue weighted by Gasteiger charge is 2.53. The first kappa shape index (κ1) is 28.5. The van der Waals surface area contributed by atoms with Crippen LogP contribution in [0.15, 0.2) is 29.2 Å². The van der Waals surface area contributed by atoms with Gasteiger partial charge < -0.3 is 28.4 Å². The van der Waals surface area contributed by atoms with Crippen LogP contribution >= 0.6 is 0 Å². The van der Waals surface area contributed by atoms with Crippen molar-refractivity contribution in [1.82, 2.24) is 4.72 Å². The summed E-state index contributed by atoms with van der Waals surface area (Å²) in [6, 6.07) is 5.18. The van der Waals surface area contributed by atoms with Gasteiger partial charge in [-0.15, -0.1) is 0 Å². The number of esters is 2. The summed E-state index contributed by atoms with van der Waals surface area (Å²) < 4.78 is 62.9. The van der Waals surface area contributed by atoms with Crippen molar-refractivity contribution in [2.45, 2.75) is 81.9 Å². The van der Waals surface area contributed by atoms with Crippen LogP contribution in [-0.2, 0) is 48.0 Å². The number of carbonyl (C=O) groups is 2. The van der Waals surface area contributed by atoms with E-state index in [2.05, 4.69) is 4.72 Å². The van der Waals surface area contributed by atoms with E-state index in [1.54, 1.807) is 39.8 Å². The number of sulfonamides is 1. The zero-order valence-electron chi connectivity index (χ0n) is 21.6. The largest absolute Gasteiger partial charge is 0.468 e. The van der Waals surface area contributed by atoms with E-state index < -0.39 is 63.8 Å². The van der Waals surface area contributed by atoms with Crippen LogP contribution in [-0.4, -0.2) is 77.1 Å². The number of rotatable bonds is 9. The lowest BCUT2D eigenvalue weighted by molar-refractivity contribution is -0.175. The predicted molar refractivity (Wildman–Crippen MR) is 126 cm³/mol. The van der Waals surface area contributed by atoms with Gasteiger partial charge in [0, 0.05) is 0 Å². The van der Waals surface area contributed by atoms with Crippen molar-refractivity contribution in [2.75, 3.05) is 20.8 Å². The van der Waals surface area contributed by atoms with Crippen LogP contribution in [0, 0.1) is 12.8 Å². The van der Waals surface area contributed by atoms with Crippen LogP contribution in [0.1, 0.15) is 39.7 Å². The number of hydrogen-bond acceptors (Lipinski definition) is 10. The number of aryl methyl sites for hydroxylation is 1. The minimum atomic E-state index is -4.09. The number of methoxy groups -OCH3 is 2. The van der Waals surface area contributed by atoms with Crippen molar-refractivity contribution in [3.63, 3.8) is 0 Å². The number of ether oxygens (including phenoxy) is 6. The predicted octanol–water partition coefficient (Wildman–Crippen LogP) is 1.67. The fraction of sp³-hybridized carbons (Fsp3) is 0.667. The van der Waals surface area contributed by atoms with Crippen molar-refractivity contribution < 1.29 is 46.4 Å². The first-order chi connectivity index (χ1) is 16.7. The van der Waals surface area contributed by atoms with Crippen LogP contribution < -0.4 is 4.72 Å². The van der Waals surface area contributed by atoms with Crippen molar-refractivity contribution in [1.29, 1.82) is 0 Å². The molecule has 0 spiro atoms. The molecule has 202 valence electrons. The van der Waals surface area contributed by atoms with E-state index in [-0.39, 0.29) is 17.9 Å². The standard InChI is InChI=1S/C24H35NO10S/c1-14-8-10-15(11-9-14)36(28,29)25-17(12-16(21(26)30-6)22(27)31-7)19-20(35-24(4,5)34-19)18-13-32-23(2,3)33-18/h8-11,16-20,25H,12-13H2,1-7H3/t17-,18-,19-,20-/m1/s1. The minimum Gasteiger partial charge on any atom is -0.468 e. The Hall–Kier alpha value is -2.09. The maximum absolute atomic E-state index is 13.4. The molecule has 0 aliphatic carbocycles. The first-order valence-corrected chi connectivity index (χ1v) is 13.1. The monoisotopic (exact) mass is 529 g/mol. The molecule has 1 aromatic carbocycles. The van der Waals surface area contributed by atoms with E-state index in [4.69, 9.17) is 28.4 Å². The van der Waals surface area contributed by atoms with Crippen LogP contribution in [0.5, 0.6) is 0 Å². The van der Waals surface area contributed by atoms with Gasteiger partial charge >= 0.3 is 11.9 Å². The van der Waals surface area contributed by atoms with Crippen molar-refractivity contribution >= 4 is 22.0 Å². The van der Waals surface area contributed by atoms with E-state index in [1.165, 1.54) is 12.1 Å². The summed E-state index contributed by atoms with van der Waals surface area (Å²) in [6.45, 7) is 8.90. The van der Waals surface area contributed by atoms with Gasteiger partial charge in [0.05, 0.1) is 31.8 Å². The summed E-state index contributed by atoms with van der Waals surface area (Å²) >= 11 is 0. The highest BCUT2D eigenvalue weighted by atomic mass is 32.2. The Labute approximate surface area is 211 Å². The number of hydrogen-bond donors (Lipinski definition) is 1. The highest BCUT2D eigenvalue weighted by molar-refractivity contribution is 7.89. The van der Waals surface area contributed by atoms with Gasteiger partial charge in [0.1, 0.15) is 18.3 Å². The van der Waals surface area contributed by atoms with Crippen molar-refractivity contribution in [3.8, 4) is 0 Å². The van der Waals surface area contributed by atoms with Gasteiger partial charge in [-0.1, -0.05) is 17.7 Å². The topological polar surface area (TPSA) is 136 Å². The van der Waals surface area contributed by atoms with E-state index >= 15 is 0 Å². The fourth-order valence-electron chi connectivity index (χ4n) is 4.35. The molecule has 0 radical (unpaired) electrons. The molecule has 0 amide bonds. The lowest BCUT2D eigenvalue weighted by Gasteiger charge is -2.31. The Morgan fingerprint density at radius 2 is 1.58 bits per heavy atom. The zero-order valence-corrected chi connectivity index (χ0v) is 22.4. The molecule has 36 heavy (non-hydrogen) atoms. The molecule has 3 rings (SSSR count). The molecular formula is C24H35NO10S. The van der Waals surface area contributed by atoms with Gasteiger partial charge in [-0.25, -0.2) is 13.1 Å². The average Bonchev–Trinajstić information content (AvgIpc) is 3.33. The second-order valence-electron chi connectivity index (χ2n) is 9.81. The first-order valence-electron chi connectivity index (χ1n) is 11.6. The maximum Gasteiger partial charge on any atom is 0.320 e. The minimum absolute atomic E-state index is 0.0158. The average molecular weight is 530 g/mol. The summed E-state index contributed by atoms with van der Waals surface area (Å²) in [5.74, 6) is -5.11. The lowest BCUT2D eigenvalue weighted by atomic mass is 9.92. The highest BCUT2D eigenvalue weighted by Crippen LogP contribution is 2.38. The maximum atomic E-state index is 13.4. The molecule has 2 heterocycles. The number of nitrogens with one attached hydrogen (secondary N) is 1. The molecule has 12 heteroatoms. The third-order valence-corrected chi connectivity index (χ3v) is 7.56. The van der Waals surface area contributed by atoms with Gasteiger partial charge in [0.25, 0.3) is 0 Å². The van der Waals surface area contributed by atoms with Gasteiger partial charge in [0.2, 0.25) is 10.0 Å². The summed E-state index contributed by atoms with van der Waals surface area (Å²) in [5.41, 5.74) is 0.886. The summed E-state index contributed by atoms with van der Waals surface area (Å²) in [4.78, 5) is 25.0. The molecule has 1 aromatic rings. The SMILES string of the molecule is COC(=O)C(C[C@@H](NS(=O)(=O)c1ccc(C)cc1)[C@H]1OC(C)(C)O[C@@H]1[C@H]1COC(C)(C)O1)C(=O)OC. The summed E-state index contributed by atoms with van der Waals surface area (Å²) in [5, 5.41) is 0. The van der Waals surface area contributed by atoms with Gasteiger partial charge in [0.15, 0.2) is 17.5 Å². The van der Waals surface area contributed by atoms with E-state index in [0.29, 0.717) is 0 Å². The second kappa shape index (κ2) is 10.7. The molecule has 0 unspecified atom stereocenters. The van der Waals surface area contributed by atoms with Crippen LogP contribution in [0.2, 0.25) is 0 Å². The molecule has 2 saturated heterocycles. The van der Waals surface area contributed by atoms with Crippen molar-refractivity contribution in [2.24, 2.45) is 5.92 Å². The molecule has 11 nitrogen and oxygen atoms in total. The van der Waals surface area contributed by atoms with Gasteiger partial charge in [-0.2, -0.15) is 0 Å². The van der Waals surface area contributed by atoms with E-state index in [1.807, 2.05) is 6.92 Å². The molecule has 2 aliphatic heterocycles. The molecule has 4 atom stereocenters. The lowest BCUT2D eigenvalue weighted by Crippen LogP contribution is -2.53. The summed E-state index contributed by atoms with van der Waals surface area (Å²) in [6.07, 6.45) is -2.61. The molecule has 2 aliphatic rings. The van der Waals surface area contributed by atoms with E-state index in [9.17, 15) is 18.0 Å². The van der Waals surface area contributed by atoms with Crippen LogP contribution in [0.3, 0.4) is 0 Å². The Morgan fingerprint density at radius 3 is 2.08 bits per heavy atom. The van der Waals surface area contributed by atoms with Crippen LogP contribution in [0.4, 0.5) is 0 Å². The third kappa shape index (κ3) is 6.61. The Kier molecular flexibility index (Phi) is 8.48.